The van der Waals surface area contributed by atoms with E-state index >= 15 is 0 Å². The molecule has 0 aliphatic carbocycles. The summed E-state index contributed by atoms with van der Waals surface area (Å²) in [4.78, 5) is 37.5. The molecular formula is C51H94O6. The van der Waals surface area contributed by atoms with Gasteiger partial charge in [-0.2, -0.15) is 0 Å². The highest BCUT2D eigenvalue weighted by atomic mass is 16.6. The van der Waals surface area contributed by atoms with Gasteiger partial charge < -0.3 is 14.2 Å². The van der Waals surface area contributed by atoms with Crippen LogP contribution in [0.25, 0.3) is 0 Å². The standard InChI is InChI=1S/C51H94O6/c1-4-7-10-13-16-18-20-21-22-23-24-25-26-27-28-29-30-31-32-34-35-38-41-44-50(53)56-47-48(46-55-49(52)43-40-37-15-12-9-6-3)57-51(54)45-42-39-36-33-19-17-14-11-8-5-2/h11,14,23-24,48H,4-10,12-13,15-22,25-47H2,1-3H3/b14-11-,24-23-. The van der Waals surface area contributed by atoms with Crippen LogP contribution in [0.5, 0.6) is 0 Å². The topological polar surface area (TPSA) is 78.9 Å². The van der Waals surface area contributed by atoms with Crippen molar-refractivity contribution >= 4 is 17.9 Å². The lowest BCUT2D eigenvalue weighted by Gasteiger charge is -2.18. The third-order valence-electron chi connectivity index (χ3n) is 10.9. The Hall–Kier alpha value is -2.11. The summed E-state index contributed by atoms with van der Waals surface area (Å²) >= 11 is 0. The molecular weight excluding hydrogens is 709 g/mol. The number of ether oxygens (including phenoxy) is 3. The van der Waals surface area contributed by atoms with Crippen molar-refractivity contribution in [1.82, 2.24) is 0 Å². The molecule has 0 aliphatic rings. The normalized spacial score (nSPS) is 12.1. The van der Waals surface area contributed by atoms with Gasteiger partial charge in [-0.1, -0.05) is 206 Å². The summed E-state index contributed by atoms with van der Waals surface area (Å²) in [6, 6.07) is 0. The molecule has 0 aromatic heterocycles. The number of hydrogen-bond acceptors (Lipinski definition) is 6. The van der Waals surface area contributed by atoms with Crippen LogP contribution in [0.4, 0.5) is 0 Å². The Balaban J connectivity index is 4.06. The molecule has 0 aliphatic heterocycles. The number of carbonyl (C=O) groups excluding carboxylic acids is 3. The van der Waals surface area contributed by atoms with E-state index in [1.54, 1.807) is 0 Å². The van der Waals surface area contributed by atoms with Crippen molar-refractivity contribution in [1.29, 1.82) is 0 Å². The van der Waals surface area contributed by atoms with Crippen LogP contribution >= 0.6 is 0 Å². The molecule has 6 heteroatoms. The average Bonchev–Trinajstić information content (AvgIpc) is 3.21. The van der Waals surface area contributed by atoms with Crippen molar-refractivity contribution in [2.45, 2.75) is 271 Å². The van der Waals surface area contributed by atoms with Gasteiger partial charge in [-0.15, -0.1) is 0 Å². The number of hydrogen-bond donors (Lipinski definition) is 0. The van der Waals surface area contributed by atoms with Crippen LogP contribution in [0.2, 0.25) is 0 Å². The van der Waals surface area contributed by atoms with E-state index in [2.05, 4.69) is 45.1 Å². The minimum atomic E-state index is -0.768. The molecule has 0 bridgehead atoms. The van der Waals surface area contributed by atoms with Crippen molar-refractivity contribution in [2.75, 3.05) is 13.2 Å². The maximum atomic E-state index is 12.6. The minimum Gasteiger partial charge on any atom is -0.462 e. The predicted molar refractivity (Wildman–Crippen MR) is 243 cm³/mol. The largest absolute Gasteiger partial charge is 0.462 e. The number of carbonyl (C=O) groups is 3. The summed E-state index contributed by atoms with van der Waals surface area (Å²) in [5.41, 5.74) is 0. The SMILES string of the molecule is CCC/C=C\CCCCCCCC(=O)OC(COC(=O)CCCCCCCC)COC(=O)CCCCCCCCCCCCC/C=C\CCCCCCCCCC. The Morgan fingerprint density at radius 1 is 0.333 bits per heavy atom. The average molecular weight is 803 g/mol. The summed E-state index contributed by atoms with van der Waals surface area (Å²) in [6.07, 6.45) is 52.0. The van der Waals surface area contributed by atoms with Gasteiger partial charge in [0.2, 0.25) is 0 Å². The van der Waals surface area contributed by atoms with E-state index in [0.717, 1.165) is 77.0 Å². The van der Waals surface area contributed by atoms with Crippen LogP contribution in [0.15, 0.2) is 24.3 Å². The summed E-state index contributed by atoms with van der Waals surface area (Å²) in [5.74, 6) is -0.888. The molecule has 1 atom stereocenters. The molecule has 0 fully saturated rings. The molecule has 1 unspecified atom stereocenters. The summed E-state index contributed by atoms with van der Waals surface area (Å²) in [6.45, 7) is 6.52. The summed E-state index contributed by atoms with van der Waals surface area (Å²) in [7, 11) is 0. The molecule has 0 N–H and O–H groups in total. The molecule has 0 spiro atoms. The second-order valence-electron chi connectivity index (χ2n) is 16.7. The lowest BCUT2D eigenvalue weighted by Crippen LogP contribution is -2.30. The number of unbranched alkanes of at least 4 members (excludes halogenated alkanes) is 30. The van der Waals surface area contributed by atoms with Gasteiger partial charge >= 0.3 is 17.9 Å². The predicted octanol–water partition coefficient (Wildman–Crippen LogP) is 16.0. The fraction of sp³-hybridized carbons (Fsp3) is 0.863. The van der Waals surface area contributed by atoms with E-state index in [-0.39, 0.29) is 31.1 Å². The molecule has 0 aromatic rings. The van der Waals surface area contributed by atoms with Gasteiger partial charge in [0, 0.05) is 19.3 Å². The monoisotopic (exact) mass is 803 g/mol. The molecule has 0 heterocycles. The molecule has 0 radical (unpaired) electrons. The van der Waals surface area contributed by atoms with Gasteiger partial charge in [-0.25, -0.2) is 0 Å². The Kier molecular flexibility index (Phi) is 44.9. The van der Waals surface area contributed by atoms with Crippen molar-refractivity contribution in [3.8, 4) is 0 Å². The van der Waals surface area contributed by atoms with Crippen molar-refractivity contribution in [3.63, 3.8) is 0 Å². The van der Waals surface area contributed by atoms with Crippen LogP contribution in [-0.2, 0) is 28.6 Å². The highest BCUT2D eigenvalue weighted by Gasteiger charge is 2.19. The zero-order valence-electron chi connectivity index (χ0n) is 38.1. The zero-order chi connectivity index (χ0) is 41.5. The second-order valence-corrected chi connectivity index (χ2v) is 16.7. The van der Waals surface area contributed by atoms with Crippen molar-refractivity contribution in [3.05, 3.63) is 24.3 Å². The molecule has 0 rings (SSSR count). The van der Waals surface area contributed by atoms with Gasteiger partial charge in [0.05, 0.1) is 0 Å². The van der Waals surface area contributed by atoms with E-state index in [9.17, 15) is 14.4 Å². The lowest BCUT2D eigenvalue weighted by atomic mass is 10.0. The smallest absolute Gasteiger partial charge is 0.306 e. The van der Waals surface area contributed by atoms with Crippen molar-refractivity contribution in [2.24, 2.45) is 0 Å². The third kappa shape index (κ3) is 44.8. The van der Waals surface area contributed by atoms with E-state index in [1.807, 2.05) is 0 Å². The van der Waals surface area contributed by atoms with Gasteiger partial charge in [-0.05, 0) is 64.2 Å². The quantitative estimate of drug-likeness (QED) is 0.0264. The maximum absolute atomic E-state index is 12.6. The summed E-state index contributed by atoms with van der Waals surface area (Å²) < 4.78 is 16.6. The molecule has 334 valence electrons. The first-order chi connectivity index (χ1) is 28.0. The van der Waals surface area contributed by atoms with E-state index in [1.165, 1.54) is 148 Å². The first-order valence-electron chi connectivity index (χ1n) is 24.8. The minimum absolute atomic E-state index is 0.0729. The van der Waals surface area contributed by atoms with Crippen LogP contribution in [-0.4, -0.2) is 37.2 Å². The highest BCUT2D eigenvalue weighted by Crippen LogP contribution is 2.15. The van der Waals surface area contributed by atoms with Gasteiger partial charge in [-0.3, -0.25) is 14.4 Å². The number of esters is 3. The molecule has 57 heavy (non-hydrogen) atoms. The molecule has 0 amide bonds. The van der Waals surface area contributed by atoms with Crippen LogP contribution in [0, 0.1) is 0 Å². The Morgan fingerprint density at radius 3 is 0.947 bits per heavy atom. The van der Waals surface area contributed by atoms with E-state index in [4.69, 9.17) is 14.2 Å². The van der Waals surface area contributed by atoms with Crippen LogP contribution in [0.1, 0.15) is 265 Å². The van der Waals surface area contributed by atoms with Crippen molar-refractivity contribution < 1.29 is 28.6 Å². The van der Waals surface area contributed by atoms with Crippen LogP contribution < -0.4 is 0 Å². The van der Waals surface area contributed by atoms with Gasteiger partial charge in [0.1, 0.15) is 13.2 Å². The number of allylic oxidation sites excluding steroid dienone is 4. The zero-order valence-corrected chi connectivity index (χ0v) is 38.1. The fourth-order valence-electron chi connectivity index (χ4n) is 7.15. The first kappa shape index (κ1) is 54.9. The van der Waals surface area contributed by atoms with Crippen LogP contribution in [0.3, 0.4) is 0 Å². The fourth-order valence-corrected chi connectivity index (χ4v) is 7.15. The third-order valence-corrected chi connectivity index (χ3v) is 10.9. The Bertz CT molecular complexity index is 927. The Morgan fingerprint density at radius 2 is 0.614 bits per heavy atom. The maximum Gasteiger partial charge on any atom is 0.306 e. The summed E-state index contributed by atoms with van der Waals surface area (Å²) in [5, 5.41) is 0. The van der Waals surface area contributed by atoms with E-state index in [0.29, 0.717) is 19.3 Å². The van der Waals surface area contributed by atoms with E-state index < -0.39 is 6.10 Å². The molecule has 0 aromatic carbocycles. The molecule has 0 saturated carbocycles. The highest BCUT2D eigenvalue weighted by molar-refractivity contribution is 5.71. The number of rotatable bonds is 45. The van der Waals surface area contributed by atoms with Gasteiger partial charge in [0.15, 0.2) is 6.10 Å². The second kappa shape index (κ2) is 46.6. The van der Waals surface area contributed by atoms with Gasteiger partial charge in [0.25, 0.3) is 0 Å². The first-order valence-corrected chi connectivity index (χ1v) is 24.8. The Labute approximate surface area is 353 Å². The molecule has 6 nitrogen and oxygen atoms in total. The lowest BCUT2D eigenvalue weighted by molar-refractivity contribution is -0.167. The molecule has 0 saturated heterocycles.